The van der Waals surface area contributed by atoms with E-state index in [0.717, 1.165) is 51.6 Å². The first-order chi connectivity index (χ1) is 16.8. The van der Waals surface area contributed by atoms with E-state index in [1.54, 1.807) is 13.0 Å². The molecule has 0 spiro atoms. The molecule has 4 rings (SSSR count). The molecule has 0 radical (unpaired) electrons. The molecule has 2 heterocycles. The number of nitrogens with zero attached hydrogens (tertiary/aromatic N) is 2. The second-order valence-electron chi connectivity index (χ2n) is 11.4. The summed E-state index contributed by atoms with van der Waals surface area (Å²) in [5.41, 5.74) is 6.14. The smallest absolute Gasteiger partial charge is 0.248 e. The summed E-state index contributed by atoms with van der Waals surface area (Å²) in [6.45, 7) is 3.17. The van der Waals surface area contributed by atoms with Crippen LogP contribution in [0, 0.1) is 11.3 Å². The fourth-order valence-corrected chi connectivity index (χ4v) is 6.62. The monoisotopic (exact) mass is 485 g/mol. The molecule has 2 bridgehead atoms. The Balaban J connectivity index is 1.42. The van der Waals surface area contributed by atoms with Crippen LogP contribution in [-0.2, 0) is 4.79 Å². The van der Waals surface area contributed by atoms with Crippen molar-refractivity contribution in [2.45, 2.75) is 82.7 Å². The van der Waals surface area contributed by atoms with E-state index in [4.69, 9.17) is 5.73 Å². The van der Waals surface area contributed by atoms with Gasteiger partial charge in [-0.1, -0.05) is 31.4 Å². The van der Waals surface area contributed by atoms with Crippen molar-refractivity contribution in [2.75, 3.05) is 32.8 Å². The third kappa shape index (κ3) is 5.89. The van der Waals surface area contributed by atoms with E-state index in [1.165, 1.54) is 24.8 Å². The van der Waals surface area contributed by atoms with Gasteiger partial charge in [0.05, 0.1) is 18.6 Å². The first kappa shape index (κ1) is 26.1. The molecule has 2 saturated heterocycles. The predicted octanol–water partition coefficient (Wildman–Crippen LogP) is 2.90. The lowest BCUT2D eigenvalue weighted by molar-refractivity contribution is -0.147. The summed E-state index contributed by atoms with van der Waals surface area (Å²) < 4.78 is 0. The minimum Gasteiger partial charge on any atom is -0.395 e. The molecule has 4 N–H and O–H groups in total. The van der Waals surface area contributed by atoms with Gasteiger partial charge in [-0.25, -0.2) is 0 Å². The van der Waals surface area contributed by atoms with E-state index < -0.39 is 5.41 Å². The molecule has 3 aliphatic rings. The maximum Gasteiger partial charge on any atom is 0.248 e. The zero-order chi connectivity index (χ0) is 25.0. The Morgan fingerprint density at radius 1 is 1.06 bits per heavy atom. The molecule has 1 saturated carbocycles. The van der Waals surface area contributed by atoms with Crippen LogP contribution in [0.1, 0.15) is 86.6 Å². The number of aliphatic hydroxyl groups is 2. The van der Waals surface area contributed by atoms with Gasteiger partial charge < -0.3 is 20.8 Å². The number of carbonyl (C=O) groups is 2. The van der Waals surface area contributed by atoms with Crippen LogP contribution < -0.4 is 5.73 Å². The van der Waals surface area contributed by atoms with Gasteiger partial charge in [-0.15, -0.1) is 0 Å². The highest BCUT2D eigenvalue weighted by Crippen LogP contribution is 2.43. The highest BCUT2D eigenvalue weighted by atomic mass is 16.3. The standard InChI is InChI=1S/C28H43N3O4/c1-28(18-32,19-33)27(35)30(17-20-6-3-2-4-7-20)12-13-31-24-10-11-25(31)16-23(15-24)21-8-5-9-22(14-21)26(29)34/h5,8-9,14,20,23-25,32-33H,2-4,6-7,10-13,15-19H2,1H3,(H2,29,34)/t23?,24-,25+. The lowest BCUT2D eigenvalue weighted by Crippen LogP contribution is -2.52. The van der Waals surface area contributed by atoms with E-state index in [0.29, 0.717) is 36.0 Å². The second kappa shape index (κ2) is 11.4. The molecule has 2 amide bonds. The van der Waals surface area contributed by atoms with Crippen LogP contribution in [-0.4, -0.2) is 76.8 Å². The molecule has 7 nitrogen and oxygen atoms in total. The van der Waals surface area contributed by atoms with Crippen molar-refractivity contribution < 1.29 is 19.8 Å². The molecule has 7 heteroatoms. The maximum atomic E-state index is 13.4. The van der Waals surface area contributed by atoms with E-state index in [1.807, 2.05) is 17.0 Å². The molecule has 1 aromatic rings. The number of primary amides is 1. The van der Waals surface area contributed by atoms with Crippen LogP contribution in [0.25, 0.3) is 0 Å². The summed E-state index contributed by atoms with van der Waals surface area (Å²) in [4.78, 5) is 29.6. The highest BCUT2D eigenvalue weighted by molar-refractivity contribution is 5.92. The molecule has 1 aromatic carbocycles. The Hall–Kier alpha value is -1.96. The molecule has 1 unspecified atom stereocenters. The van der Waals surface area contributed by atoms with Crippen LogP contribution in [0.2, 0.25) is 0 Å². The maximum absolute atomic E-state index is 13.4. The summed E-state index contributed by atoms with van der Waals surface area (Å²) in [6.07, 6.45) is 10.5. The van der Waals surface area contributed by atoms with Crippen LogP contribution in [0.5, 0.6) is 0 Å². The number of carbonyl (C=O) groups excluding carboxylic acids is 2. The first-order valence-corrected chi connectivity index (χ1v) is 13.5. The zero-order valence-corrected chi connectivity index (χ0v) is 21.2. The number of amides is 2. The van der Waals surface area contributed by atoms with Crippen LogP contribution in [0.3, 0.4) is 0 Å². The minimum absolute atomic E-state index is 0.126. The van der Waals surface area contributed by atoms with E-state index in [9.17, 15) is 19.8 Å². The predicted molar refractivity (Wildman–Crippen MR) is 136 cm³/mol. The van der Waals surface area contributed by atoms with E-state index >= 15 is 0 Å². The molecule has 3 atom stereocenters. The summed E-state index contributed by atoms with van der Waals surface area (Å²) in [6, 6.07) is 8.73. The number of fused-ring (bicyclic) bond motifs is 2. The fourth-order valence-electron chi connectivity index (χ4n) is 6.62. The number of hydrogen-bond acceptors (Lipinski definition) is 5. The number of nitrogens with two attached hydrogens (primary N) is 1. The third-order valence-corrected chi connectivity index (χ3v) is 8.86. The quantitative estimate of drug-likeness (QED) is 0.472. The van der Waals surface area contributed by atoms with E-state index in [2.05, 4.69) is 11.0 Å². The van der Waals surface area contributed by atoms with Crippen LogP contribution >= 0.6 is 0 Å². The van der Waals surface area contributed by atoms with Crippen molar-refractivity contribution in [3.05, 3.63) is 35.4 Å². The van der Waals surface area contributed by atoms with Crippen molar-refractivity contribution in [1.82, 2.24) is 9.80 Å². The summed E-state index contributed by atoms with van der Waals surface area (Å²) in [5.74, 6) is 0.427. The Morgan fingerprint density at radius 3 is 2.31 bits per heavy atom. The van der Waals surface area contributed by atoms with Gasteiger partial charge >= 0.3 is 0 Å². The fraction of sp³-hybridized carbons (Fsp3) is 0.714. The topological polar surface area (TPSA) is 107 Å². The third-order valence-electron chi connectivity index (χ3n) is 8.86. The van der Waals surface area contributed by atoms with Gasteiger partial charge in [0.25, 0.3) is 0 Å². The lowest BCUT2D eigenvalue weighted by atomic mass is 9.84. The molecule has 3 fully saturated rings. The van der Waals surface area contributed by atoms with Crippen LogP contribution in [0.15, 0.2) is 24.3 Å². The van der Waals surface area contributed by atoms with Crippen molar-refractivity contribution in [2.24, 2.45) is 17.1 Å². The van der Waals surface area contributed by atoms with Crippen molar-refractivity contribution in [3.8, 4) is 0 Å². The Bertz CT molecular complexity index is 867. The van der Waals surface area contributed by atoms with E-state index in [-0.39, 0.29) is 25.0 Å². The van der Waals surface area contributed by atoms with Gasteiger partial charge in [0.1, 0.15) is 0 Å². The lowest BCUT2D eigenvalue weighted by Gasteiger charge is -2.41. The average Bonchev–Trinajstić information content (AvgIpc) is 3.12. The Kier molecular flexibility index (Phi) is 8.50. The molecule has 35 heavy (non-hydrogen) atoms. The van der Waals surface area contributed by atoms with Crippen molar-refractivity contribution >= 4 is 11.8 Å². The Morgan fingerprint density at radius 2 is 1.71 bits per heavy atom. The Labute approximate surface area is 209 Å². The van der Waals surface area contributed by atoms with Gasteiger partial charge in [-0.05, 0) is 75.0 Å². The highest BCUT2D eigenvalue weighted by Gasteiger charge is 2.42. The summed E-state index contributed by atoms with van der Waals surface area (Å²) in [5, 5.41) is 19.7. The average molecular weight is 486 g/mol. The van der Waals surface area contributed by atoms with Gasteiger partial charge in [0.2, 0.25) is 11.8 Å². The van der Waals surface area contributed by atoms with Crippen molar-refractivity contribution in [1.29, 1.82) is 0 Å². The molecule has 194 valence electrons. The normalized spacial score (nSPS) is 25.5. The number of aliphatic hydroxyl groups excluding tert-OH is 2. The molecule has 2 aliphatic heterocycles. The number of benzene rings is 1. The molecular weight excluding hydrogens is 442 g/mol. The largest absolute Gasteiger partial charge is 0.395 e. The van der Waals surface area contributed by atoms with Crippen LogP contribution in [0.4, 0.5) is 0 Å². The van der Waals surface area contributed by atoms with Gasteiger partial charge in [0, 0.05) is 37.3 Å². The first-order valence-electron chi connectivity index (χ1n) is 13.5. The number of piperidine rings is 1. The number of hydrogen-bond donors (Lipinski definition) is 3. The van der Waals surface area contributed by atoms with Crippen molar-refractivity contribution in [3.63, 3.8) is 0 Å². The SMILES string of the molecule is CC(CO)(CO)C(=O)N(CCN1[C@@H]2CC[C@H]1CC(c1cccc(C(N)=O)c1)C2)CC1CCCCC1. The molecular formula is C28H43N3O4. The number of rotatable bonds is 10. The van der Waals surface area contributed by atoms with Gasteiger partial charge in [0.15, 0.2) is 0 Å². The summed E-state index contributed by atoms with van der Waals surface area (Å²) in [7, 11) is 0. The van der Waals surface area contributed by atoms with Gasteiger partial charge in [-0.3, -0.25) is 14.5 Å². The molecule has 1 aliphatic carbocycles. The minimum atomic E-state index is -1.13. The van der Waals surface area contributed by atoms with Gasteiger partial charge in [-0.2, -0.15) is 0 Å². The summed E-state index contributed by atoms with van der Waals surface area (Å²) >= 11 is 0. The second-order valence-corrected chi connectivity index (χ2v) is 11.4. The molecule has 0 aromatic heterocycles. The zero-order valence-electron chi connectivity index (χ0n) is 21.2.